The van der Waals surface area contributed by atoms with Crippen LogP contribution in [0.5, 0.6) is 0 Å². The molecule has 8 nitrogen and oxygen atoms in total. The summed E-state index contributed by atoms with van der Waals surface area (Å²) < 4.78 is 0. The molecule has 0 saturated carbocycles. The van der Waals surface area contributed by atoms with E-state index in [1.54, 1.807) is 6.20 Å². The molecular weight excluding hydrogens is 524 g/mol. The molecule has 2 amide bonds. The third kappa shape index (κ3) is 7.01. The highest BCUT2D eigenvalue weighted by Crippen LogP contribution is 2.27. The summed E-state index contributed by atoms with van der Waals surface area (Å²) in [5, 5.41) is 8.68. The lowest BCUT2D eigenvalue weighted by atomic mass is 9.90. The minimum Gasteiger partial charge on any atom is -0.351 e. The Morgan fingerprint density at radius 2 is 1.60 bits per heavy atom. The minimum atomic E-state index is -0.343. The van der Waals surface area contributed by atoms with E-state index in [2.05, 4.69) is 64.6 Å². The van der Waals surface area contributed by atoms with Gasteiger partial charge in [-0.3, -0.25) is 14.6 Å². The number of rotatable bonds is 11. The first kappa shape index (κ1) is 29.4. The molecule has 3 atom stereocenters. The Morgan fingerprint density at radius 1 is 0.976 bits per heavy atom. The van der Waals surface area contributed by atoms with Crippen LogP contribution in [0.3, 0.4) is 0 Å². The smallest absolute Gasteiger partial charge is 0.250 e. The van der Waals surface area contributed by atoms with Crippen molar-refractivity contribution in [2.75, 3.05) is 31.2 Å². The van der Waals surface area contributed by atoms with E-state index in [1.807, 2.05) is 59.3 Å². The third-order valence-corrected chi connectivity index (χ3v) is 8.30. The first-order valence-corrected chi connectivity index (χ1v) is 15.0. The van der Waals surface area contributed by atoms with Gasteiger partial charge in [0, 0.05) is 37.8 Å². The molecule has 1 unspecified atom stereocenters. The van der Waals surface area contributed by atoms with Gasteiger partial charge in [-0.25, -0.2) is 0 Å². The number of nitrogens with one attached hydrogen (secondary N) is 3. The van der Waals surface area contributed by atoms with Crippen LogP contribution in [0.2, 0.25) is 0 Å². The van der Waals surface area contributed by atoms with Gasteiger partial charge in [0.15, 0.2) is 0 Å². The highest BCUT2D eigenvalue weighted by atomic mass is 16.2. The number of carbonyl (C=O) groups is 2. The molecule has 0 bridgehead atoms. The molecule has 3 aromatic carbocycles. The summed E-state index contributed by atoms with van der Waals surface area (Å²) in [7, 11) is 0. The van der Waals surface area contributed by atoms with Crippen molar-refractivity contribution in [3.63, 3.8) is 0 Å². The van der Waals surface area contributed by atoms with E-state index in [0.717, 1.165) is 18.5 Å². The quantitative estimate of drug-likeness (QED) is 0.283. The summed E-state index contributed by atoms with van der Waals surface area (Å²) in [5.74, 6) is 0.0666. The minimum absolute atomic E-state index is 0.0342. The van der Waals surface area contributed by atoms with Gasteiger partial charge in [0.25, 0.3) is 5.91 Å². The number of benzene rings is 3. The van der Waals surface area contributed by atoms with Crippen LogP contribution in [-0.4, -0.2) is 61.0 Å². The molecule has 0 aromatic heterocycles. The standard InChI is InChI=1S/C34H42N6O2/c1-25-30(23-37-40(25)29-16-9-4-10-17-29)33(41)36-22-28-19-21-39(34(42)32(38-28)18-11-20-35)24-31(26-12-5-2-6-13-26)27-14-7-3-8-15-27/h2-10,12-17,23,25,28,31-32,37-38H,11,18-22,24,35H2,1H3,(H,36,41)/t25?,28-,32-/m0/s1. The Morgan fingerprint density at radius 3 is 2.21 bits per heavy atom. The monoisotopic (exact) mass is 566 g/mol. The number of hydrogen-bond acceptors (Lipinski definition) is 6. The average Bonchev–Trinajstić information content (AvgIpc) is 3.36. The topological polar surface area (TPSA) is 103 Å². The maximum Gasteiger partial charge on any atom is 0.250 e. The van der Waals surface area contributed by atoms with Crippen molar-refractivity contribution in [2.24, 2.45) is 5.73 Å². The number of nitrogens with two attached hydrogens (primary N) is 1. The zero-order valence-corrected chi connectivity index (χ0v) is 24.3. The van der Waals surface area contributed by atoms with Crippen LogP contribution >= 0.6 is 0 Å². The zero-order valence-electron chi connectivity index (χ0n) is 24.3. The zero-order chi connectivity index (χ0) is 29.3. The van der Waals surface area contributed by atoms with E-state index in [4.69, 9.17) is 5.73 Å². The average molecular weight is 567 g/mol. The lowest BCUT2D eigenvalue weighted by Crippen LogP contribution is -2.49. The van der Waals surface area contributed by atoms with E-state index >= 15 is 0 Å². The summed E-state index contributed by atoms with van der Waals surface area (Å²) in [6, 6.07) is 30.2. The first-order chi connectivity index (χ1) is 20.5. The Kier molecular flexibility index (Phi) is 9.90. The van der Waals surface area contributed by atoms with E-state index in [9.17, 15) is 9.59 Å². The number of nitrogens with zero attached hydrogens (tertiary/aromatic N) is 2. The molecule has 1 saturated heterocycles. The van der Waals surface area contributed by atoms with Crippen LogP contribution in [0, 0.1) is 0 Å². The summed E-state index contributed by atoms with van der Waals surface area (Å²) in [6.45, 7) is 4.19. The Bertz CT molecular complexity index is 1290. The molecule has 220 valence electrons. The largest absolute Gasteiger partial charge is 0.351 e. The van der Waals surface area contributed by atoms with E-state index in [-0.39, 0.29) is 35.9 Å². The van der Waals surface area contributed by atoms with Crippen molar-refractivity contribution in [2.45, 2.75) is 50.2 Å². The lowest BCUT2D eigenvalue weighted by Gasteiger charge is -2.29. The van der Waals surface area contributed by atoms with Crippen molar-refractivity contribution >= 4 is 17.5 Å². The molecule has 0 radical (unpaired) electrons. The van der Waals surface area contributed by atoms with E-state index < -0.39 is 0 Å². The van der Waals surface area contributed by atoms with Gasteiger partial charge in [0.05, 0.1) is 23.3 Å². The number of hydrogen-bond donors (Lipinski definition) is 4. The molecule has 8 heteroatoms. The first-order valence-electron chi connectivity index (χ1n) is 15.0. The van der Waals surface area contributed by atoms with Gasteiger partial charge >= 0.3 is 0 Å². The molecule has 3 aromatic rings. The molecule has 2 aliphatic heterocycles. The molecule has 0 spiro atoms. The molecule has 1 fully saturated rings. The molecule has 0 aliphatic carbocycles. The predicted octanol–water partition coefficient (Wildman–Crippen LogP) is 3.53. The second kappa shape index (κ2) is 14.2. The summed E-state index contributed by atoms with van der Waals surface area (Å²) >= 11 is 0. The number of amides is 2. The van der Waals surface area contributed by atoms with Gasteiger partial charge in [-0.05, 0) is 56.0 Å². The molecule has 42 heavy (non-hydrogen) atoms. The van der Waals surface area contributed by atoms with Crippen LogP contribution in [0.25, 0.3) is 0 Å². The Labute approximate surface area is 248 Å². The highest BCUT2D eigenvalue weighted by molar-refractivity contribution is 5.96. The maximum atomic E-state index is 13.9. The van der Waals surface area contributed by atoms with Gasteiger partial charge in [0.2, 0.25) is 5.91 Å². The van der Waals surface area contributed by atoms with Crippen molar-refractivity contribution in [1.82, 2.24) is 21.0 Å². The Hall–Kier alpha value is -4.14. The van der Waals surface area contributed by atoms with Crippen LogP contribution in [0.1, 0.15) is 43.2 Å². The summed E-state index contributed by atoms with van der Waals surface area (Å²) in [6.07, 6.45) is 3.93. The fraction of sp³-hybridized carbons (Fsp3) is 0.353. The van der Waals surface area contributed by atoms with Crippen molar-refractivity contribution < 1.29 is 9.59 Å². The second-order valence-corrected chi connectivity index (χ2v) is 11.1. The van der Waals surface area contributed by atoms with Gasteiger partial charge < -0.3 is 26.7 Å². The van der Waals surface area contributed by atoms with Crippen LogP contribution in [0.15, 0.2) is 103 Å². The Balaban J connectivity index is 1.25. The van der Waals surface area contributed by atoms with Crippen molar-refractivity contribution in [3.05, 3.63) is 114 Å². The molecule has 2 aliphatic rings. The van der Waals surface area contributed by atoms with Crippen LogP contribution in [0.4, 0.5) is 5.69 Å². The SMILES string of the molecule is CC1C(C(=O)NC[C@@H]2CCN(CC(c3ccccc3)c3ccccc3)C(=O)[C@H](CCCN)N2)=CNN1c1ccccc1. The maximum absolute atomic E-state index is 13.9. The fourth-order valence-corrected chi connectivity index (χ4v) is 5.92. The number of carbonyl (C=O) groups excluding carboxylic acids is 2. The lowest BCUT2D eigenvalue weighted by molar-refractivity contribution is -0.133. The number of hydrazine groups is 1. The fourth-order valence-electron chi connectivity index (χ4n) is 5.92. The number of para-hydroxylation sites is 1. The van der Waals surface area contributed by atoms with Crippen molar-refractivity contribution in [1.29, 1.82) is 0 Å². The van der Waals surface area contributed by atoms with Crippen LogP contribution in [-0.2, 0) is 9.59 Å². The summed E-state index contributed by atoms with van der Waals surface area (Å²) in [4.78, 5) is 29.1. The van der Waals surface area contributed by atoms with Gasteiger partial charge in [-0.1, -0.05) is 78.9 Å². The van der Waals surface area contributed by atoms with Crippen molar-refractivity contribution in [3.8, 4) is 0 Å². The molecular formula is C34H42N6O2. The van der Waals surface area contributed by atoms with Gasteiger partial charge in [0.1, 0.15) is 0 Å². The second-order valence-electron chi connectivity index (χ2n) is 11.1. The normalized spacial score (nSPS) is 20.7. The van der Waals surface area contributed by atoms with Gasteiger partial charge in [-0.15, -0.1) is 0 Å². The molecule has 5 rings (SSSR count). The molecule has 5 N–H and O–H groups in total. The predicted molar refractivity (Wildman–Crippen MR) is 168 cm³/mol. The van der Waals surface area contributed by atoms with Crippen LogP contribution < -0.4 is 26.8 Å². The van der Waals surface area contributed by atoms with E-state index in [0.29, 0.717) is 38.2 Å². The third-order valence-electron chi connectivity index (χ3n) is 8.30. The molecule has 2 heterocycles. The van der Waals surface area contributed by atoms with E-state index in [1.165, 1.54) is 11.1 Å². The van der Waals surface area contributed by atoms with Gasteiger partial charge in [-0.2, -0.15) is 0 Å². The summed E-state index contributed by atoms with van der Waals surface area (Å²) in [5.41, 5.74) is 13.1. The highest BCUT2D eigenvalue weighted by Gasteiger charge is 2.33. The number of anilines is 1.